The molecule has 0 aliphatic carbocycles. The Labute approximate surface area is 122 Å². The number of nitrogens with zero attached hydrogens (tertiary/aromatic N) is 1. The fourth-order valence-corrected chi connectivity index (χ4v) is 1.94. The van der Waals surface area contributed by atoms with E-state index >= 15 is 0 Å². The summed E-state index contributed by atoms with van der Waals surface area (Å²) in [6.07, 6.45) is 3.11. The van der Waals surface area contributed by atoms with E-state index in [4.69, 9.17) is 5.11 Å². The van der Waals surface area contributed by atoms with Crippen LogP contribution in [0.4, 0.5) is 4.79 Å². The van der Waals surface area contributed by atoms with Crippen LogP contribution < -0.4 is 5.32 Å². The summed E-state index contributed by atoms with van der Waals surface area (Å²) >= 11 is 0. The van der Waals surface area contributed by atoms with Crippen LogP contribution in [0.25, 0.3) is 0 Å². The highest BCUT2D eigenvalue weighted by Gasteiger charge is 2.28. The number of rotatable bonds is 7. The lowest BCUT2D eigenvalue weighted by atomic mass is 10.0. The molecule has 0 aromatic carbocycles. The molecule has 0 aromatic heterocycles. The first-order valence-electron chi connectivity index (χ1n) is 7.34. The van der Waals surface area contributed by atoms with E-state index in [1.807, 2.05) is 27.7 Å². The molecule has 0 rings (SSSR count). The van der Waals surface area contributed by atoms with Gasteiger partial charge >= 0.3 is 12.0 Å². The van der Waals surface area contributed by atoms with E-state index in [9.17, 15) is 9.59 Å². The third kappa shape index (κ3) is 8.02. The lowest BCUT2D eigenvalue weighted by Gasteiger charge is -2.35. The molecule has 0 saturated heterocycles. The van der Waals surface area contributed by atoms with E-state index in [1.54, 1.807) is 0 Å². The Bertz CT molecular complexity index is 322. The van der Waals surface area contributed by atoms with Gasteiger partial charge in [-0.1, -0.05) is 26.7 Å². The minimum absolute atomic E-state index is 0.0555. The van der Waals surface area contributed by atoms with E-state index in [0.717, 1.165) is 19.3 Å². The fraction of sp³-hybridized carbons (Fsp3) is 0.867. The highest BCUT2D eigenvalue weighted by Crippen LogP contribution is 2.14. The molecular formula is C15H30N2O3. The Balaban J connectivity index is 4.41. The highest BCUT2D eigenvalue weighted by molar-refractivity contribution is 5.80. The molecule has 2 N–H and O–H groups in total. The summed E-state index contributed by atoms with van der Waals surface area (Å²) in [7, 11) is 0. The van der Waals surface area contributed by atoms with Gasteiger partial charge in [-0.2, -0.15) is 0 Å². The second-order valence-electron chi connectivity index (χ2n) is 6.83. The second-order valence-corrected chi connectivity index (χ2v) is 6.83. The van der Waals surface area contributed by atoms with Gasteiger partial charge < -0.3 is 15.3 Å². The molecule has 0 heterocycles. The smallest absolute Gasteiger partial charge is 0.323 e. The van der Waals surface area contributed by atoms with Crippen molar-refractivity contribution in [3.63, 3.8) is 0 Å². The SMILES string of the molecule is CC(C)CCCC(C)NC(=O)N(CC(=O)O)C(C)(C)C. The zero-order valence-electron chi connectivity index (χ0n) is 13.7. The van der Waals surface area contributed by atoms with Gasteiger partial charge in [0.25, 0.3) is 0 Å². The molecule has 0 aliphatic heterocycles. The Morgan fingerprint density at radius 2 is 1.70 bits per heavy atom. The van der Waals surface area contributed by atoms with Gasteiger partial charge in [0.05, 0.1) is 0 Å². The van der Waals surface area contributed by atoms with Crippen molar-refractivity contribution in [2.24, 2.45) is 5.92 Å². The predicted octanol–water partition coefficient (Wildman–Crippen LogP) is 3.10. The van der Waals surface area contributed by atoms with Gasteiger partial charge in [0.1, 0.15) is 6.54 Å². The summed E-state index contributed by atoms with van der Waals surface area (Å²) in [6, 6.07) is -0.253. The van der Waals surface area contributed by atoms with E-state index in [2.05, 4.69) is 19.2 Å². The monoisotopic (exact) mass is 286 g/mol. The maximum Gasteiger partial charge on any atom is 0.323 e. The molecule has 2 amide bonds. The zero-order valence-corrected chi connectivity index (χ0v) is 13.7. The maximum atomic E-state index is 12.2. The van der Waals surface area contributed by atoms with Crippen molar-refractivity contribution < 1.29 is 14.7 Å². The average Bonchev–Trinajstić information content (AvgIpc) is 2.23. The Morgan fingerprint density at radius 1 is 1.15 bits per heavy atom. The van der Waals surface area contributed by atoms with Crippen LogP contribution in [0.5, 0.6) is 0 Å². The molecule has 0 spiro atoms. The molecular weight excluding hydrogens is 256 g/mol. The first kappa shape index (κ1) is 18.7. The van der Waals surface area contributed by atoms with Crippen LogP contribution >= 0.6 is 0 Å². The van der Waals surface area contributed by atoms with Crippen molar-refractivity contribution in [2.45, 2.75) is 72.4 Å². The molecule has 0 saturated carbocycles. The average molecular weight is 286 g/mol. The second kappa shape index (κ2) is 8.12. The van der Waals surface area contributed by atoms with Crippen molar-refractivity contribution in [1.82, 2.24) is 10.2 Å². The molecule has 5 nitrogen and oxygen atoms in total. The van der Waals surface area contributed by atoms with Gasteiger partial charge in [-0.3, -0.25) is 4.79 Å². The summed E-state index contributed by atoms with van der Waals surface area (Å²) in [5.41, 5.74) is -0.514. The van der Waals surface area contributed by atoms with Crippen molar-refractivity contribution >= 4 is 12.0 Å². The van der Waals surface area contributed by atoms with Crippen molar-refractivity contribution in [3.8, 4) is 0 Å². The fourth-order valence-electron chi connectivity index (χ4n) is 1.94. The summed E-state index contributed by atoms with van der Waals surface area (Å²) in [5.74, 6) is -0.335. The molecule has 0 radical (unpaired) electrons. The van der Waals surface area contributed by atoms with Gasteiger partial charge in [0, 0.05) is 11.6 Å². The van der Waals surface area contributed by atoms with Gasteiger partial charge in [-0.05, 0) is 40.0 Å². The molecule has 1 atom stereocenters. The topological polar surface area (TPSA) is 69.6 Å². The standard InChI is InChI=1S/C15H30N2O3/c1-11(2)8-7-9-12(3)16-14(20)17(10-13(18)19)15(4,5)6/h11-12H,7-10H2,1-6H3,(H,16,20)(H,18,19). The Hall–Kier alpha value is -1.26. The van der Waals surface area contributed by atoms with Crippen LogP contribution in [-0.2, 0) is 4.79 Å². The lowest BCUT2D eigenvalue weighted by Crippen LogP contribution is -2.54. The number of carbonyl (C=O) groups is 2. The number of carboxylic acid groups (broad SMARTS) is 1. The van der Waals surface area contributed by atoms with Crippen LogP contribution in [0.3, 0.4) is 0 Å². The van der Waals surface area contributed by atoms with Crippen LogP contribution in [0.1, 0.15) is 60.8 Å². The van der Waals surface area contributed by atoms with Crippen molar-refractivity contribution in [2.75, 3.05) is 6.54 Å². The van der Waals surface area contributed by atoms with Crippen LogP contribution in [-0.4, -0.2) is 40.1 Å². The predicted molar refractivity (Wildman–Crippen MR) is 80.8 cm³/mol. The quantitative estimate of drug-likeness (QED) is 0.755. The molecule has 118 valence electrons. The summed E-state index contributed by atoms with van der Waals surface area (Å²) in [4.78, 5) is 24.4. The minimum atomic E-state index is -0.998. The number of carbonyl (C=O) groups excluding carboxylic acids is 1. The largest absolute Gasteiger partial charge is 0.480 e. The number of hydrogen-bond donors (Lipinski definition) is 2. The molecule has 20 heavy (non-hydrogen) atoms. The third-order valence-electron chi connectivity index (χ3n) is 3.14. The molecule has 5 heteroatoms. The maximum absolute atomic E-state index is 12.2. The van der Waals surface area contributed by atoms with E-state index in [0.29, 0.717) is 5.92 Å². The molecule has 0 fully saturated rings. The molecule has 0 bridgehead atoms. The number of amides is 2. The van der Waals surface area contributed by atoms with Crippen molar-refractivity contribution in [3.05, 3.63) is 0 Å². The van der Waals surface area contributed by atoms with Crippen LogP contribution in [0.15, 0.2) is 0 Å². The van der Waals surface area contributed by atoms with Crippen LogP contribution in [0.2, 0.25) is 0 Å². The lowest BCUT2D eigenvalue weighted by molar-refractivity contribution is -0.138. The Kier molecular flexibility index (Phi) is 7.61. The van der Waals surface area contributed by atoms with Crippen LogP contribution in [0, 0.1) is 5.92 Å². The number of urea groups is 1. The van der Waals surface area contributed by atoms with E-state index < -0.39 is 11.5 Å². The number of hydrogen-bond acceptors (Lipinski definition) is 2. The number of carboxylic acids is 1. The van der Waals surface area contributed by atoms with E-state index in [1.165, 1.54) is 4.90 Å². The summed E-state index contributed by atoms with van der Waals surface area (Å²) < 4.78 is 0. The first-order chi connectivity index (χ1) is 9.04. The van der Waals surface area contributed by atoms with E-state index in [-0.39, 0.29) is 18.6 Å². The molecule has 0 aromatic rings. The highest BCUT2D eigenvalue weighted by atomic mass is 16.4. The zero-order chi connectivity index (χ0) is 15.9. The first-order valence-corrected chi connectivity index (χ1v) is 7.34. The normalized spacial score (nSPS) is 13.2. The van der Waals surface area contributed by atoms with Crippen molar-refractivity contribution in [1.29, 1.82) is 0 Å². The molecule has 0 aliphatic rings. The van der Waals surface area contributed by atoms with Gasteiger partial charge in [0.2, 0.25) is 0 Å². The van der Waals surface area contributed by atoms with Gasteiger partial charge in [0.15, 0.2) is 0 Å². The van der Waals surface area contributed by atoms with Gasteiger partial charge in [-0.15, -0.1) is 0 Å². The summed E-state index contributed by atoms with van der Waals surface area (Å²) in [5, 5.41) is 11.8. The third-order valence-corrected chi connectivity index (χ3v) is 3.14. The number of nitrogens with one attached hydrogen (secondary N) is 1. The summed E-state index contributed by atoms with van der Waals surface area (Å²) in [6.45, 7) is 11.5. The van der Waals surface area contributed by atoms with Gasteiger partial charge in [-0.25, -0.2) is 4.79 Å². The Morgan fingerprint density at radius 3 is 2.10 bits per heavy atom. The molecule has 1 unspecified atom stereocenters. The number of aliphatic carboxylic acids is 1. The minimum Gasteiger partial charge on any atom is -0.480 e.